The summed E-state index contributed by atoms with van der Waals surface area (Å²) in [6.07, 6.45) is 3.73. The SMILES string of the molecule is Cc1c(COc2ccccc2)cccc1NC(=O)c1cn(C2CCNCC2)nn1.Cl. The summed E-state index contributed by atoms with van der Waals surface area (Å²) in [5, 5.41) is 14.5. The van der Waals surface area contributed by atoms with Gasteiger partial charge in [-0.25, -0.2) is 4.68 Å². The van der Waals surface area contributed by atoms with Crippen LogP contribution in [0.1, 0.15) is 40.5 Å². The molecule has 0 radical (unpaired) electrons. The van der Waals surface area contributed by atoms with Crippen LogP contribution in [0.2, 0.25) is 0 Å². The summed E-state index contributed by atoms with van der Waals surface area (Å²) >= 11 is 0. The Bertz CT molecular complexity index is 971. The first kappa shape index (κ1) is 21.8. The van der Waals surface area contributed by atoms with Gasteiger partial charge in [0.25, 0.3) is 5.91 Å². The number of carbonyl (C=O) groups excluding carboxylic acids is 1. The highest BCUT2D eigenvalue weighted by Gasteiger charge is 2.19. The van der Waals surface area contributed by atoms with Crippen molar-refractivity contribution in [1.29, 1.82) is 0 Å². The Kier molecular flexibility index (Phi) is 7.43. The van der Waals surface area contributed by atoms with Gasteiger partial charge < -0.3 is 15.4 Å². The monoisotopic (exact) mass is 427 g/mol. The molecule has 2 aromatic carbocycles. The third kappa shape index (κ3) is 5.17. The molecular formula is C22H26ClN5O2. The number of benzene rings is 2. The van der Waals surface area contributed by atoms with E-state index in [1.165, 1.54) is 0 Å². The van der Waals surface area contributed by atoms with Gasteiger partial charge in [-0.2, -0.15) is 0 Å². The molecule has 8 heteroatoms. The lowest BCUT2D eigenvalue weighted by Gasteiger charge is -2.22. The minimum Gasteiger partial charge on any atom is -0.489 e. The maximum absolute atomic E-state index is 12.7. The number of nitrogens with zero attached hydrogens (tertiary/aromatic N) is 3. The van der Waals surface area contributed by atoms with Gasteiger partial charge in [0.15, 0.2) is 5.69 Å². The fourth-order valence-electron chi connectivity index (χ4n) is 3.47. The first-order valence-electron chi connectivity index (χ1n) is 9.91. The molecule has 158 valence electrons. The minimum absolute atomic E-state index is 0. The van der Waals surface area contributed by atoms with Crippen LogP contribution in [0.4, 0.5) is 5.69 Å². The lowest BCUT2D eigenvalue weighted by molar-refractivity contribution is 0.102. The number of hydrogen-bond donors (Lipinski definition) is 2. The number of hydrogen-bond acceptors (Lipinski definition) is 5. The van der Waals surface area contributed by atoms with E-state index in [-0.39, 0.29) is 18.3 Å². The molecule has 1 aliphatic rings. The van der Waals surface area contributed by atoms with Crippen LogP contribution in [0.15, 0.2) is 54.7 Å². The van der Waals surface area contributed by atoms with E-state index >= 15 is 0 Å². The van der Waals surface area contributed by atoms with Gasteiger partial charge in [-0.05, 0) is 62.2 Å². The molecule has 4 rings (SSSR count). The quantitative estimate of drug-likeness (QED) is 0.626. The highest BCUT2D eigenvalue weighted by Crippen LogP contribution is 2.22. The molecule has 0 aliphatic carbocycles. The number of para-hydroxylation sites is 1. The zero-order chi connectivity index (χ0) is 20.1. The first-order chi connectivity index (χ1) is 14.2. The maximum Gasteiger partial charge on any atom is 0.277 e. The molecule has 0 atom stereocenters. The summed E-state index contributed by atoms with van der Waals surface area (Å²) in [4.78, 5) is 12.7. The Hall–Kier alpha value is -2.90. The van der Waals surface area contributed by atoms with E-state index in [0.29, 0.717) is 18.3 Å². The number of amides is 1. The molecule has 7 nitrogen and oxygen atoms in total. The summed E-state index contributed by atoms with van der Waals surface area (Å²) < 4.78 is 7.66. The van der Waals surface area contributed by atoms with Gasteiger partial charge in [0.05, 0.1) is 12.2 Å². The molecule has 2 N–H and O–H groups in total. The number of rotatable bonds is 6. The van der Waals surface area contributed by atoms with Crippen molar-refractivity contribution in [3.8, 4) is 5.75 Å². The van der Waals surface area contributed by atoms with Crippen LogP contribution in [-0.4, -0.2) is 34.0 Å². The Morgan fingerprint density at radius 2 is 1.93 bits per heavy atom. The summed E-state index contributed by atoms with van der Waals surface area (Å²) in [6, 6.07) is 15.8. The second kappa shape index (κ2) is 10.2. The summed E-state index contributed by atoms with van der Waals surface area (Å²) in [5.41, 5.74) is 3.07. The van der Waals surface area contributed by atoms with Crippen molar-refractivity contribution in [2.45, 2.75) is 32.4 Å². The van der Waals surface area contributed by atoms with Gasteiger partial charge in [-0.1, -0.05) is 35.5 Å². The first-order valence-corrected chi connectivity index (χ1v) is 9.91. The molecule has 0 bridgehead atoms. The van der Waals surface area contributed by atoms with Crippen LogP contribution in [0.5, 0.6) is 5.75 Å². The standard InChI is InChI=1S/C22H25N5O2.ClH/c1-16-17(15-29-19-7-3-2-4-8-19)6-5-9-20(16)24-22(28)21-14-27(26-25-21)18-10-12-23-13-11-18;/h2-9,14,18,23H,10-13,15H2,1H3,(H,24,28);1H. The highest BCUT2D eigenvalue weighted by atomic mass is 35.5. The Morgan fingerprint density at radius 3 is 2.70 bits per heavy atom. The van der Waals surface area contributed by atoms with Crippen LogP contribution in [0, 0.1) is 6.92 Å². The topological polar surface area (TPSA) is 81.1 Å². The lowest BCUT2D eigenvalue weighted by Crippen LogP contribution is -2.29. The third-order valence-corrected chi connectivity index (χ3v) is 5.26. The zero-order valence-electron chi connectivity index (χ0n) is 16.9. The predicted molar refractivity (Wildman–Crippen MR) is 118 cm³/mol. The normalized spacial score (nSPS) is 14.0. The number of carbonyl (C=O) groups is 1. The molecule has 0 unspecified atom stereocenters. The number of anilines is 1. The fourth-order valence-corrected chi connectivity index (χ4v) is 3.47. The van der Waals surface area contributed by atoms with Gasteiger partial charge in [-0.15, -0.1) is 17.5 Å². The molecule has 0 spiro atoms. The smallest absolute Gasteiger partial charge is 0.277 e. The Morgan fingerprint density at radius 1 is 1.17 bits per heavy atom. The number of ether oxygens (including phenoxy) is 1. The van der Waals surface area contributed by atoms with E-state index < -0.39 is 0 Å². The second-order valence-electron chi connectivity index (χ2n) is 7.21. The van der Waals surface area contributed by atoms with E-state index in [2.05, 4.69) is 20.9 Å². The molecule has 2 heterocycles. The number of aromatic nitrogens is 3. The van der Waals surface area contributed by atoms with Crippen molar-refractivity contribution in [2.75, 3.05) is 18.4 Å². The zero-order valence-corrected chi connectivity index (χ0v) is 17.7. The van der Waals surface area contributed by atoms with Crippen molar-refractivity contribution in [1.82, 2.24) is 20.3 Å². The predicted octanol–water partition coefficient (Wildman–Crippen LogP) is 3.76. The van der Waals surface area contributed by atoms with E-state index in [1.807, 2.05) is 60.1 Å². The second-order valence-corrected chi connectivity index (χ2v) is 7.21. The van der Waals surface area contributed by atoms with Gasteiger partial charge in [0, 0.05) is 5.69 Å². The van der Waals surface area contributed by atoms with E-state index in [0.717, 1.165) is 48.5 Å². The van der Waals surface area contributed by atoms with Crippen molar-refractivity contribution in [3.05, 3.63) is 71.5 Å². The van der Waals surface area contributed by atoms with Crippen LogP contribution in [0.3, 0.4) is 0 Å². The van der Waals surface area contributed by atoms with Crippen molar-refractivity contribution in [3.63, 3.8) is 0 Å². The molecule has 1 aliphatic heterocycles. The molecule has 30 heavy (non-hydrogen) atoms. The highest BCUT2D eigenvalue weighted by molar-refractivity contribution is 6.03. The Labute approximate surface area is 182 Å². The minimum atomic E-state index is -0.255. The lowest BCUT2D eigenvalue weighted by atomic mass is 10.1. The summed E-state index contributed by atoms with van der Waals surface area (Å²) in [5.74, 6) is 0.560. The molecule has 1 saturated heterocycles. The Balaban J connectivity index is 0.00000256. The fraction of sp³-hybridized carbons (Fsp3) is 0.318. The molecule has 0 saturated carbocycles. The van der Waals surface area contributed by atoms with Crippen LogP contribution in [0.25, 0.3) is 0 Å². The number of halogens is 1. The van der Waals surface area contributed by atoms with Gasteiger partial charge in [0.1, 0.15) is 12.4 Å². The average Bonchev–Trinajstić information content (AvgIpc) is 3.26. The van der Waals surface area contributed by atoms with Gasteiger partial charge in [-0.3, -0.25) is 4.79 Å². The molecule has 3 aromatic rings. The van der Waals surface area contributed by atoms with Crippen LogP contribution < -0.4 is 15.4 Å². The van der Waals surface area contributed by atoms with E-state index in [9.17, 15) is 4.79 Å². The van der Waals surface area contributed by atoms with Crippen molar-refractivity contribution in [2.24, 2.45) is 0 Å². The maximum atomic E-state index is 12.7. The number of piperidine rings is 1. The van der Waals surface area contributed by atoms with Crippen molar-refractivity contribution < 1.29 is 9.53 Å². The van der Waals surface area contributed by atoms with E-state index in [1.54, 1.807) is 6.20 Å². The number of nitrogens with one attached hydrogen (secondary N) is 2. The summed E-state index contributed by atoms with van der Waals surface area (Å²) in [7, 11) is 0. The summed E-state index contributed by atoms with van der Waals surface area (Å²) in [6.45, 7) is 4.34. The van der Waals surface area contributed by atoms with Gasteiger partial charge in [0.2, 0.25) is 0 Å². The van der Waals surface area contributed by atoms with Crippen LogP contribution >= 0.6 is 12.4 Å². The van der Waals surface area contributed by atoms with Crippen molar-refractivity contribution >= 4 is 24.0 Å². The molecule has 1 amide bonds. The largest absolute Gasteiger partial charge is 0.489 e. The molecule has 1 aromatic heterocycles. The van der Waals surface area contributed by atoms with Gasteiger partial charge >= 0.3 is 0 Å². The third-order valence-electron chi connectivity index (χ3n) is 5.26. The van der Waals surface area contributed by atoms with Crippen LogP contribution in [-0.2, 0) is 6.61 Å². The molecule has 1 fully saturated rings. The molecular weight excluding hydrogens is 402 g/mol. The van der Waals surface area contributed by atoms with E-state index in [4.69, 9.17) is 4.74 Å². The average molecular weight is 428 g/mol.